The van der Waals surface area contributed by atoms with Crippen LogP contribution in [0.2, 0.25) is 0 Å². The van der Waals surface area contributed by atoms with E-state index in [2.05, 4.69) is 5.32 Å². The SMILES string of the molecule is CC[C@@H](C(=O)Nc1ccc(F)c(F)c1)c1ccccc1. The molecule has 2 nitrogen and oxygen atoms in total. The van der Waals surface area contributed by atoms with Gasteiger partial charge in [0.15, 0.2) is 11.6 Å². The van der Waals surface area contributed by atoms with Crippen LogP contribution in [-0.2, 0) is 4.79 Å². The van der Waals surface area contributed by atoms with Gasteiger partial charge in [-0.05, 0) is 24.1 Å². The molecule has 0 heterocycles. The standard InChI is InChI=1S/C16H15F2NO/c1-2-13(11-6-4-3-5-7-11)16(20)19-12-8-9-14(17)15(18)10-12/h3-10,13H,2H2,1H3,(H,19,20)/t13-/m1/s1. The molecular formula is C16H15F2NO. The van der Waals surface area contributed by atoms with Crippen molar-refractivity contribution in [2.45, 2.75) is 19.3 Å². The number of carbonyl (C=O) groups is 1. The summed E-state index contributed by atoms with van der Waals surface area (Å²) in [5, 5.41) is 2.61. The van der Waals surface area contributed by atoms with E-state index in [-0.39, 0.29) is 17.5 Å². The summed E-state index contributed by atoms with van der Waals surface area (Å²) in [5.74, 6) is -2.46. The van der Waals surface area contributed by atoms with Gasteiger partial charge in [0.25, 0.3) is 0 Å². The first kappa shape index (κ1) is 14.2. The molecule has 0 aliphatic heterocycles. The lowest BCUT2D eigenvalue weighted by Crippen LogP contribution is -2.20. The van der Waals surface area contributed by atoms with Gasteiger partial charge in [0.1, 0.15) is 0 Å². The van der Waals surface area contributed by atoms with Crippen molar-refractivity contribution in [1.29, 1.82) is 0 Å². The number of anilines is 1. The van der Waals surface area contributed by atoms with Gasteiger partial charge in [-0.3, -0.25) is 4.79 Å². The third-order valence-corrected chi connectivity index (χ3v) is 3.11. The quantitative estimate of drug-likeness (QED) is 0.894. The fourth-order valence-corrected chi connectivity index (χ4v) is 2.06. The third kappa shape index (κ3) is 3.20. The molecule has 4 heteroatoms. The highest BCUT2D eigenvalue weighted by Gasteiger charge is 2.18. The predicted molar refractivity (Wildman–Crippen MR) is 74.5 cm³/mol. The van der Waals surface area contributed by atoms with Crippen molar-refractivity contribution < 1.29 is 13.6 Å². The average Bonchev–Trinajstić information content (AvgIpc) is 2.45. The first-order chi connectivity index (χ1) is 9.61. The van der Waals surface area contributed by atoms with Crippen LogP contribution in [0, 0.1) is 11.6 Å². The molecule has 0 spiro atoms. The Bertz CT molecular complexity index is 599. The number of hydrogen-bond acceptors (Lipinski definition) is 1. The van der Waals surface area contributed by atoms with Crippen molar-refractivity contribution in [3.05, 3.63) is 65.7 Å². The van der Waals surface area contributed by atoms with Gasteiger partial charge in [0.2, 0.25) is 5.91 Å². The number of nitrogens with one attached hydrogen (secondary N) is 1. The largest absolute Gasteiger partial charge is 0.325 e. The Morgan fingerprint density at radius 2 is 1.80 bits per heavy atom. The summed E-state index contributed by atoms with van der Waals surface area (Å²) in [5.41, 5.74) is 1.15. The average molecular weight is 275 g/mol. The zero-order valence-electron chi connectivity index (χ0n) is 11.1. The second-order valence-corrected chi connectivity index (χ2v) is 4.49. The topological polar surface area (TPSA) is 29.1 Å². The van der Waals surface area contributed by atoms with Crippen LogP contribution in [0.5, 0.6) is 0 Å². The Hall–Kier alpha value is -2.23. The van der Waals surface area contributed by atoms with E-state index >= 15 is 0 Å². The van der Waals surface area contributed by atoms with Crippen LogP contribution in [0.15, 0.2) is 48.5 Å². The lowest BCUT2D eigenvalue weighted by Gasteiger charge is -2.15. The molecule has 20 heavy (non-hydrogen) atoms. The van der Waals surface area contributed by atoms with E-state index in [4.69, 9.17) is 0 Å². The van der Waals surface area contributed by atoms with Crippen LogP contribution < -0.4 is 5.32 Å². The van der Waals surface area contributed by atoms with E-state index in [1.165, 1.54) is 6.07 Å². The summed E-state index contributed by atoms with van der Waals surface area (Å²) in [6.07, 6.45) is 0.625. The zero-order chi connectivity index (χ0) is 14.5. The third-order valence-electron chi connectivity index (χ3n) is 3.11. The maximum Gasteiger partial charge on any atom is 0.231 e. The molecule has 0 aromatic heterocycles. The van der Waals surface area contributed by atoms with Crippen molar-refractivity contribution >= 4 is 11.6 Å². The molecule has 2 rings (SSSR count). The Morgan fingerprint density at radius 3 is 2.40 bits per heavy atom. The Kier molecular flexibility index (Phi) is 4.45. The van der Waals surface area contributed by atoms with E-state index in [0.29, 0.717) is 6.42 Å². The lowest BCUT2D eigenvalue weighted by molar-refractivity contribution is -0.117. The second kappa shape index (κ2) is 6.28. The summed E-state index contributed by atoms with van der Waals surface area (Å²) in [7, 11) is 0. The maximum atomic E-state index is 13.1. The highest BCUT2D eigenvalue weighted by molar-refractivity contribution is 5.95. The van der Waals surface area contributed by atoms with Crippen LogP contribution in [0.4, 0.5) is 14.5 Å². The molecule has 1 amide bonds. The molecule has 104 valence electrons. The van der Waals surface area contributed by atoms with Crippen LogP contribution >= 0.6 is 0 Å². The Balaban J connectivity index is 2.15. The van der Waals surface area contributed by atoms with Gasteiger partial charge in [-0.1, -0.05) is 37.3 Å². The van der Waals surface area contributed by atoms with Crippen molar-refractivity contribution in [1.82, 2.24) is 0 Å². The fraction of sp³-hybridized carbons (Fsp3) is 0.188. The molecule has 0 aliphatic carbocycles. The second-order valence-electron chi connectivity index (χ2n) is 4.49. The van der Waals surface area contributed by atoms with Crippen LogP contribution in [0.25, 0.3) is 0 Å². The molecule has 0 bridgehead atoms. The molecule has 2 aromatic rings. The molecule has 0 saturated carbocycles. The van der Waals surface area contributed by atoms with Crippen molar-refractivity contribution in [3.63, 3.8) is 0 Å². The highest BCUT2D eigenvalue weighted by atomic mass is 19.2. The molecule has 0 radical (unpaired) electrons. The van der Waals surface area contributed by atoms with Crippen LogP contribution in [0.3, 0.4) is 0 Å². The van der Waals surface area contributed by atoms with Gasteiger partial charge in [-0.25, -0.2) is 8.78 Å². The minimum atomic E-state index is -0.976. The minimum Gasteiger partial charge on any atom is -0.325 e. The lowest BCUT2D eigenvalue weighted by atomic mass is 9.95. The molecule has 1 N–H and O–H groups in total. The van der Waals surface area contributed by atoms with E-state index < -0.39 is 11.6 Å². The minimum absolute atomic E-state index is 0.232. The van der Waals surface area contributed by atoms with Gasteiger partial charge in [-0.15, -0.1) is 0 Å². The monoisotopic (exact) mass is 275 g/mol. The van der Waals surface area contributed by atoms with Gasteiger partial charge >= 0.3 is 0 Å². The summed E-state index contributed by atoms with van der Waals surface area (Å²) in [6, 6.07) is 12.7. The van der Waals surface area contributed by atoms with E-state index in [1.807, 2.05) is 37.3 Å². The molecular weight excluding hydrogens is 260 g/mol. The van der Waals surface area contributed by atoms with Crippen LogP contribution in [-0.4, -0.2) is 5.91 Å². The molecule has 1 atom stereocenters. The van der Waals surface area contributed by atoms with Crippen LogP contribution in [0.1, 0.15) is 24.8 Å². The van der Waals surface area contributed by atoms with E-state index in [9.17, 15) is 13.6 Å². The highest BCUT2D eigenvalue weighted by Crippen LogP contribution is 2.22. The molecule has 0 aliphatic rings. The predicted octanol–water partition coefficient (Wildman–Crippen LogP) is 4.10. The zero-order valence-corrected chi connectivity index (χ0v) is 11.1. The first-order valence-electron chi connectivity index (χ1n) is 6.42. The number of amides is 1. The number of halogens is 2. The fourth-order valence-electron chi connectivity index (χ4n) is 2.06. The summed E-state index contributed by atoms with van der Waals surface area (Å²) in [6.45, 7) is 1.91. The van der Waals surface area contributed by atoms with Crippen molar-refractivity contribution in [2.75, 3.05) is 5.32 Å². The number of hydrogen-bond donors (Lipinski definition) is 1. The van der Waals surface area contributed by atoms with E-state index in [1.54, 1.807) is 0 Å². The normalized spacial score (nSPS) is 11.9. The van der Waals surface area contributed by atoms with Gasteiger partial charge in [0.05, 0.1) is 5.92 Å². The smallest absolute Gasteiger partial charge is 0.231 e. The van der Waals surface area contributed by atoms with E-state index in [0.717, 1.165) is 17.7 Å². The maximum absolute atomic E-state index is 13.1. The van der Waals surface area contributed by atoms with Gasteiger partial charge in [-0.2, -0.15) is 0 Å². The molecule has 0 saturated heterocycles. The van der Waals surface area contributed by atoms with Crippen molar-refractivity contribution in [2.24, 2.45) is 0 Å². The Labute approximate surface area is 116 Å². The first-order valence-corrected chi connectivity index (χ1v) is 6.42. The number of carbonyl (C=O) groups excluding carboxylic acids is 1. The van der Waals surface area contributed by atoms with Gasteiger partial charge < -0.3 is 5.32 Å². The van der Waals surface area contributed by atoms with Gasteiger partial charge in [0, 0.05) is 11.8 Å². The Morgan fingerprint density at radius 1 is 1.10 bits per heavy atom. The number of rotatable bonds is 4. The summed E-state index contributed by atoms with van der Waals surface area (Å²) in [4.78, 5) is 12.2. The van der Waals surface area contributed by atoms with Crippen molar-refractivity contribution in [3.8, 4) is 0 Å². The molecule has 2 aromatic carbocycles. The summed E-state index contributed by atoms with van der Waals surface area (Å²) >= 11 is 0. The summed E-state index contributed by atoms with van der Waals surface area (Å²) < 4.78 is 25.9. The molecule has 0 fully saturated rings. The molecule has 0 unspecified atom stereocenters. The number of benzene rings is 2.